The Morgan fingerprint density at radius 1 is 1.04 bits per heavy atom. The molecule has 1 heterocycles. The van der Waals surface area contributed by atoms with Gasteiger partial charge in [-0.3, -0.25) is 4.79 Å². The van der Waals surface area contributed by atoms with Gasteiger partial charge in [0.1, 0.15) is 18.8 Å². The third-order valence-electron chi connectivity index (χ3n) is 4.44. The summed E-state index contributed by atoms with van der Waals surface area (Å²) in [5.74, 6) is -1.23. The molecular formula is C20H21NO4. The number of carbonyl (C=O) groups is 2. The third-order valence-corrected chi connectivity index (χ3v) is 4.44. The summed E-state index contributed by atoms with van der Waals surface area (Å²) in [6.45, 7) is 0.332. The molecule has 1 aliphatic rings. The lowest BCUT2D eigenvalue weighted by Crippen LogP contribution is -2.42. The first-order valence-electron chi connectivity index (χ1n) is 8.40. The Labute approximate surface area is 146 Å². The monoisotopic (exact) mass is 339 g/mol. The molecule has 5 heteroatoms. The van der Waals surface area contributed by atoms with Gasteiger partial charge in [-0.25, -0.2) is 4.79 Å². The Hall–Kier alpha value is -2.66. The maximum atomic E-state index is 12.5. The van der Waals surface area contributed by atoms with Gasteiger partial charge < -0.3 is 14.7 Å². The van der Waals surface area contributed by atoms with Crippen molar-refractivity contribution in [2.45, 2.75) is 25.0 Å². The van der Waals surface area contributed by atoms with Crippen molar-refractivity contribution >= 4 is 11.9 Å². The number of carbonyl (C=O) groups excluding carboxylic acids is 1. The molecule has 1 unspecified atom stereocenters. The molecule has 1 atom stereocenters. The van der Waals surface area contributed by atoms with Gasteiger partial charge in [-0.1, -0.05) is 60.7 Å². The lowest BCUT2D eigenvalue weighted by Gasteiger charge is -2.24. The number of carboxylic acid groups (broad SMARTS) is 1. The van der Waals surface area contributed by atoms with Gasteiger partial charge in [0.05, 0.1) is 0 Å². The van der Waals surface area contributed by atoms with Gasteiger partial charge in [0, 0.05) is 6.54 Å². The summed E-state index contributed by atoms with van der Waals surface area (Å²) in [4.78, 5) is 25.1. The zero-order valence-corrected chi connectivity index (χ0v) is 13.9. The largest absolute Gasteiger partial charge is 0.480 e. The van der Waals surface area contributed by atoms with Crippen LogP contribution in [0.3, 0.4) is 0 Å². The number of benzene rings is 2. The van der Waals surface area contributed by atoms with Gasteiger partial charge in [0.25, 0.3) is 0 Å². The van der Waals surface area contributed by atoms with Crippen LogP contribution in [0.5, 0.6) is 0 Å². The zero-order chi connectivity index (χ0) is 17.6. The van der Waals surface area contributed by atoms with Gasteiger partial charge >= 0.3 is 5.97 Å². The normalized spacial score (nSPS) is 17.0. The van der Waals surface area contributed by atoms with Crippen LogP contribution in [0.25, 0.3) is 0 Å². The predicted molar refractivity (Wildman–Crippen MR) is 93.0 cm³/mol. The standard InChI is InChI=1S/C20H21NO4/c22-18(21-13-7-12-17(21)20(23)24)14-25-19(15-8-3-1-4-9-15)16-10-5-2-6-11-16/h1-6,8-11,17,19H,7,12-14H2,(H,23,24). The first-order chi connectivity index (χ1) is 12.2. The molecule has 0 radical (unpaired) electrons. The van der Waals surface area contributed by atoms with Crippen molar-refractivity contribution in [3.8, 4) is 0 Å². The van der Waals surface area contributed by atoms with Gasteiger partial charge in [0.2, 0.25) is 5.91 Å². The van der Waals surface area contributed by atoms with Crippen molar-refractivity contribution in [3.63, 3.8) is 0 Å². The number of hydrogen-bond donors (Lipinski definition) is 1. The first-order valence-corrected chi connectivity index (χ1v) is 8.40. The minimum atomic E-state index is -0.950. The summed E-state index contributed by atoms with van der Waals surface area (Å²) in [7, 11) is 0. The van der Waals surface area contributed by atoms with Crippen LogP contribution < -0.4 is 0 Å². The van der Waals surface area contributed by atoms with Gasteiger partial charge in [0.15, 0.2) is 0 Å². The fourth-order valence-electron chi connectivity index (χ4n) is 3.20. The maximum absolute atomic E-state index is 12.5. The molecule has 0 saturated carbocycles. The number of nitrogens with zero attached hydrogens (tertiary/aromatic N) is 1. The molecule has 0 bridgehead atoms. The summed E-state index contributed by atoms with van der Waals surface area (Å²) in [6.07, 6.45) is 0.850. The van der Waals surface area contributed by atoms with Crippen molar-refractivity contribution in [1.82, 2.24) is 4.90 Å². The number of rotatable bonds is 6. The molecule has 2 aromatic carbocycles. The smallest absolute Gasteiger partial charge is 0.326 e. The van der Waals surface area contributed by atoms with E-state index in [0.29, 0.717) is 19.4 Å². The molecule has 1 N–H and O–H groups in total. The number of carboxylic acids is 1. The lowest BCUT2D eigenvalue weighted by atomic mass is 10.0. The molecule has 2 aromatic rings. The summed E-state index contributed by atoms with van der Waals surface area (Å²) in [5.41, 5.74) is 1.91. The number of ether oxygens (including phenoxy) is 1. The average molecular weight is 339 g/mol. The molecule has 1 fully saturated rings. The Morgan fingerprint density at radius 2 is 1.60 bits per heavy atom. The maximum Gasteiger partial charge on any atom is 0.326 e. The van der Waals surface area contributed by atoms with Crippen molar-refractivity contribution in [2.24, 2.45) is 0 Å². The minimum Gasteiger partial charge on any atom is -0.480 e. The average Bonchev–Trinajstić information content (AvgIpc) is 3.14. The van der Waals surface area contributed by atoms with Crippen LogP contribution in [0, 0.1) is 0 Å². The highest BCUT2D eigenvalue weighted by Gasteiger charge is 2.34. The van der Waals surface area contributed by atoms with Crippen LogP contribution in [-0.4, -0.2) is 41.1 Å². The van der Waals surface area contributed by atoms with E-state index in [0.717, 1.165) is 11.1 Å². The fraction of sp³-hybridized carbons (Fsp3) is 0.300. The van der Waals surface area contributed by atoms with E-state index in [4.69, 9.17) is 4.74 Å². The Balaban J connectivity index is 1.73. The molecule has 1 aliphatic heterocycles. The van der Waals surface area contributed by atoms with E-state index in [1.54, 1.807) is 0 Å². The molecule has 0 aromatic heterocycles. The van der Waals surface area contributed by atoms with Crippen molar-refractivity contribution < 1.29 is 19.4 Å². The number of aliphatic carboxylic acids is 1. The molecule has 25 heavy (non-hydrogen) atoms. The van der Waals surface area contributed by atoms with Crippen LogP contribution in [0.4, 0.5) is 0 Å². The number of likely N-dealkylation sites (tertiary alicyclic amines) is 1. The molecule has 130 valence electrons. The van der Waals surface area contributed by atoms with Crippen LogP contribution in [0.1, 0.15) is 30.1 Å². The molecule has 3 rings (SSSR count). The van der Waals surface area contributed by atoms with E-state index in [1.807, 2.05) is 60.7 Å². The highest BCUT2D eigenvalue weighted by molar-refractivity contribution is 5.85. The quantitative estimate of drug-likeness (QED) is 0.879. The number of hydrogen-bond acceptors (Lipinski definition) is 3. The second-order valence-electron chi connectivity index (χ2n) is 6.10. The van der Waals surface area contributed by atoms with E-state index in [1.165, 1.54) is 4.90 Å². The summed E-state index contributed by atoms with van der Waals surface area (Å²) in [5, 5.41) is 9.23. The second kappa shape index (κ2) is 7.94. The summed E-state index contributed by atoms with van der Waals surface area (Å²) in [6, 6.07) is 18.7. The van der Waals surface area contributed by atoms with E-state index in [9.17, 15) is 14.7 Å². The van der Waals surface area contributed by atoms with Crippen LogP contribution in [-0.2, 0) is 14.3 Å². The van der Waals surface area contributed by atoms with Crippen LogP contribution >= 0.6 is 0 Å². The minimum absolute atomic E-state index is 0.141. The van der Waals surface area contributed by atoms with Crippen LogP contribution in [0.2, 0.25) is 0 Å². The Morgan fingerprint density at radius 3 is 2.12 bits per heavy atom. The molecule has 0 spiro atoms. The third kappa shape index (κ3) is 4.06. The molecule has 1 saturated heterocycles. The lowest BCUT2D eigenvalue weighted by molar-refractivity contribution is -0.150. The molecule has 5 nitrogen and oxygen atoms in total. The predicted octanol–water partition coefficient (Wildman–Crippen LogP) is 2.87. The summed E-state index contributed by atoms with van der Waals surface area (Å²) < 4.78 is 5.93. The Kier molecular flexibility index (Phi) is 5.46. The SMILES string of the molecule is O=C(O)C1CCCN1C(=O)COC(c1ccccc1)c1ccccc1. The van der Waals surface area contributed by atoms with Gasteiger partial charge in [-0.05, 0) is 24.0 Å². The topological polar surface area (TPSA) is 66.8 Å². The molecule has 0 aliphatic carbocycles. The van der Waals surface area contributed by atoms with Crippen molar-refractivity contribution in [1.29, 1.82) is 0 Å². The second-order valence-corrected chi connectivity index (χ2v) is 6.10. The van der Waals surface area contributed by atoms with E-state index < -0.39 is 12.0 Å². The zero-order valence-electron chi connectivity index (χ0n) is 13.9. The van der Waals surface area contributed by atoms with E-state index in [2.05, 4.69) is 0 Å². The van der Waals surface area contributed by atoms with E-state index >= 15 is 0 Å². The van der Waals surface area contributed by atoms with Crippen LogP contribution in [0.15, 0.2) is 60.7 Å². The summed E-state index contributed by atoms with van der Waals surface area (Å²) >= 11 is 0. The van der Waals surface area contributed by atoms with Crippen molar-refractivity contribution in [2.75, 3.05) is 13.2 Å². The van der Waals surface area contributed by atoms with Gasteiger partial charge in [-0.15, -0.1) is 0 Å². The van der Waals surface area contributed by atoms with Gasteiger partial charge in [-0.2, -0.15) is 0 Å². The molecule has 1 amide bonds. The fourth-order valence-corrected chi connectivity index (χ4v) is 3.20. The first kappa shape index (κ1) is 17.2. The van der Waals surface area contributed by atoms with Crippen molar-refractivity contribution in [3.05, 3.63) is 71.8 Å². The molecular weight excluding hydrogens is 318 g/mol. The van der Waals surface area contributed by atoms with E-state index in [-0.39, 0.29) is 18.6 Å². The number of amides is 1. The highest BCUT2D eigenvalue weighted by Crippen LogP contribution is 2.26. The Bertz CT molecular complexity index is 677. The highest BCUT2D eigenvalue weighted by atomic mass is 16.5.